The van der Waals surface area contributed by atoms with Gasteiger partial charge in [0, 0.05) is 32.6 Å². The number of likely N-dealkylation sites (tertiary alicyclic amines) is 1. The van der Waals surface area contributed by atoms with Crippen LogP contribution < -0.4 is 0 Å². The van der Waals surface area contributed by atoms with Crippen molar-refractivity contribution in [2.24, 2.45) is 11.3 Å². The van der Waals surface area contributed by atoms with E-state index < -0.39 is 0 Å². The Bertz CT molecular complexity index is 728. The Kier molecular flexibility index (Phi) is 5.95. The highest BCUT2D eigenvalue weighted by atomic mass is 16.5. The van der Waals surface area contributed by atoms with Gasteiger partial charge in [0.25, 0.3) is 5.91 Å². The fourth-order valence-corrected chi connectivity index (χ4v) is 5.62. The molecule has 3 fully saturated rings. The van der Waals surface area contributed by atoms with E-state index in [4.69, 9.17) is 9.26 Å². The molecule has 0 bridgehead atoms. The van der Waals surface area contributed by atoms with Gasteiger partial charge in [-0.15, -0.1) is 0 Å². The van der Waals surface area contributed by atoms with Crippen LogP contribution in [0.3, 0.4) is 0 Å². The van der Waals surface area contributed by atoms with Gasteiger partial charge in [-0.1, -0.05) is 24.4 Å². The quantitative estimate of drug-likeness (QED) is 0.773. The number of rotatable bonds is 4. The summed E-state index contributed by atoms with van der Waals surface area (Å²) in [6.45, 7) is 7.84. The lowest BCUT2D eigenvalue weighted by atomic mass is 9.66. The third-order valence-corrected chi connectivity index (χ3v) is 7.27. The van der Waals surface area contributed by atoms with E-state index in [2.05, 4.69) is 5.16 Å². The molecule has 2 saturated heterocycles. The molecule has 1 saturated carbocycles. The highest BCUT2D eigenvalue weighted by Gasteiger charge is 2.48. The van der Waals surface area contributed by atoms with Gasteiger partial charge in [0.2, 0.25) is 5.91 Å². The predicted octanol–water partition coefficient (Wildman–Crippen LogP) is 2.95. The molecule has 4 rings (SSSR count). The molecule has 1 spiro atoms. The fourth-order valence-electron chi connectivity index (χ4n) is 5.62. The maximum absolute atomic E-state index is 13.2. The van der Waals surface area contributed by atoms with Crippen LogP contribution in [0.15, 0.2) is 4.52 Å². The maximum atomic E-state index is 13.2. The third kappa shape index (κ3) is 4.06. The van der Waals surface area contributed by atoms with E-state index in [1.807, 2.05) is 16.7 Å². The Labute approximate surface area is 172 Å². The predicted molar refractivity (Wildman–Crippen MR) is 108 cm³/mol. The van der Waals surface area contributed by atoms with Crippen LogP contribution in [0, 0.1) is 25.2 Å². The number of hydrogen-bond donors (Lipinski definition) is 0. The van der Waals surface area contributed by atoms with Crippen molar-refractivity contribution in [3.05, 3.63) is 17.0 Å². The van der Waals surface area contributed by atoms with Crippen LogP contribution in [-0.2, 0) is 9.53 Å². The summed E-state index contributed by atoms with van der Waals surface area (Å²) in [7, 11) is 0. The van der Waals surface area contributed by atoms with E-state index in [9.17, 15) is 9.59 Å². The number of ether oxygens (including phenoxy) is 1. The molecular weight excluding hydrogens is 370 g/mol. The van der Waals surface area contributed by atoms with E-state index in [0.29, 0.717) is 55.7 Å². The highest BCUT2D eigenvalue weighted by molar-refractivity contribution is 5.96. The number of morpholine rings is 1. The molecule has 160 valence electrons. The monoisotopic (exact) mass is 403 g/mol. The van der Waals surface area contributed by atoms with Gasteiger partial charge in [0.1, 0.15) is 11.3 Å². The number of hydrogen-bond acceptors (Lipinski definition) is 5. The van der Waals surface area contributed by atoms with E-state index >= 15 is 0 Å². The lowest BCUT2D eigenvalue weighted by Gasteiger charge is -2.38. The van der Waals surface area contributed by atoms with Gasteiger partial charge in [-0.05, 0) is 44.4 Å². The first-order valence-corrected chi connectivity index (χ1v) is 11.1. The molecule has 2 amide bonds. The minimum absolute atomic E-state index is 0.0354. The van der Waals surface area contributed by atoms with Crippen LogP contribution in [0.25, 0.3) is 0 Å². The van der Waals surface area contributed by atoms with Crippen LogP contribution in [0.4, 0.5) is 0 Å². The topological polar surface area (TPSA) is 75.9 Å². The number of carbonyl (C=O) groups excluding carboxylic acids is 2. The molecule has 0 radical (unpaired) electrons. The van der Waals surface area contributed by atoms with Crippen LogP contribution in [-0.4, -0.2) is 66.2 Å². The summed E-state index contributed by atoms with van der Waals surface area (Å²) >= 11 is 0. The van der Waals surface area contributed by atoms with Crippen molar-refractivity contribution in [2.45, 2.75) is 58.8 Å². The Morgan fingerprint density at radius 2 is 1.83 bits per heavy atom. The first kappa shape index (κ1) is 20.4. The van der Waals surface area contributed by atoms with Crippen LogP contribution >= 0.6 is 0 Å². The third-order valence-electron chi connectivity index (χ3n) is 7.27. The average Bonchev–Trinajstić information content (AvgIpc) is 3.26. The molecule has 7 heteroatoms. The van der Waals surface area contributed by atoms with Crippen LogP contribution in [0.5, 0.6) is 0 Å². The van der Waals surface area contributed by atoms with Crippen molar-refractivity contribution in [3.63, 3.8) is 0 Å². The van der Waals surface area contributed by atoms with Crippen molar-refractivity contribution >= 4 is 11.8 Å². The summed E-state index contributed by atoms with van der Waals surface area (Å²) in [4.78, 5) is 29.9. The van der Waals surface area contributed by atoms with Gasteiger partial charge in [-0.3, -0.25) is 9.59 Å². The first-order valence-electron chi connectivity index (χ1n) is 11.1. The van der Waals surface area contributed by atoms with Crippen molar-refractivity contribution in [1.82, 2.24) is 15.0 Å². The van der Waals surface area contributed by atoms with Gasteiger partial charge in [-0.25, -0.2) is 0 Å². The molecule has 2 aliphatic heterocycles. The SMILES string of the molecule is Cc1noc(C)c1C(=O)N1CC(CCC(=O)N2CCOCC2)C2(CCCCC2)C1. The molecule has 3 aliphatic rings. The molecule has 1 aromatic rings. The number of nitrogens with zero attached hydrogens (tertiary/aromatic N) is 3. The van der Waals surface area contributed by atoms with Crippen molar-refractivity contribution in [3.8, 4) is 0 Å². The zero-order valence-corrected chi connectivity index (χ0v) is 17.7. The molecule has 0 N–H and O–H groups in total. The Morgan fingerprint density at radius 1 is 1.10 bits per heavy atom. The largest absolute Gasteiger partial charge is 0.378 e. The van der Waals surface area contributed by atoms with E-state index in [1.165, 1.54) is 19.3 Å². The zero-order valence-electron chi connectivity index (χ0n) is 17.7. The number of carbonyl (C=O) groups is 2. The summed E-state index contributed by atoms with van der Waals surface area (Å²) < 4.78 is 10.6. The smallest absolute Gasteiger partial charge is 0.259 e. The summed E-state index contributed by atoms with van der Waals surface area (Å²) in [5, 5.41) is 3.96. The molecule has 29 heavy (non-hydrogen) atoms. The van der Waals surface area contributed by atoms with E-state index in [-0.39, 0.29) is 17.2 Å². The van der Waals surface area contributed by atoms with Crippen LogP contribution in [0.2, 0.25) is 0 Å². The molecule has 1 aromatic heterocycles. The Hall–Kier alpha value is -1.89. The normalized spacial score (nSPS) is 24.3. The summed E-state index contributed by atoms with van der Waals surface area (Å²) in [5.41, 5.74) is 1.44. The minimum atomic E-state index is 0.0354. The molecule has 1 atom stereocenters. The van der Waals surface area contributed by atoms with Crippen molar-refractivity contribution in [2.75, 3.05) is 39.4 Å². The highest BCUT2D eigenvalue weighted by Crippen LogP contribution is 2.49. The number of aromatic nitrogens is 1. The van der Waals surface area contributed by atoms with Gasteiger partial charge in [0.05, 0.1) is 18.9 Å². The number of amides is 2. The van der Waals surface area contributed by atoms with Crippen molar-refractivity contribution < 1.29 is 18.8 Å². The van der Waals surface area contributed by atoms with E-state index in [1.54, 1.807) is 6.92 Å². The second-order valence-corrected chi connectivity index (χ2v) is 9.04. The summed E-state index contributed by atoms with van der Waals surface area (Å²) in [6.07, 6.45) is 7.48. The number of aryl methyl sites for hydroxylation is 2. The van der Waals surface area contributed by atoms with Gasteiger partial charge >= 0.3 is 0 Å². The van der Waals surface area contributed by atoms with E-state index in [0.717, 1.165) is 32.4 Å². The second kappa shape index (κ2) is 8.46. The molecule has 0 aromatic carbocycles. The molecule has 1 aliphatic carbocycles. The second-order valence-electron chi connectivity index (χ2n) is 9.04. The Morgan fingerprint density at radius 3 is 2.48 bits per heavy atom. The first-order chi connectivity index (χ1) is 14.0. The molecule has 7 nitrogen and oxygen atoms in total. The molecule has 1 unspecified atom stereocenters. The summed E-state index contributed by atoms with van der Waals surface area (Å²) in [6, 6.07) is 0. The average molecular weight is 404 g/mol. The fraction of sp³-hybridized carbons (Fsp3) is 0.773. The van der Waals surface area contributed by atoms with Gasteiger partial charge in [0.15, 0.2) is 0 Å². The summed E-state index contributed by atoms with van der Waals surface area (Å²) in [5.74, 6) is 1.25. The van der Waals surface area contributed by atoms with Crippen LogP contribution in [0.1, 0.15) is 66.8 Å². The lowest BCUT2D eigenvalue weighted by molar-refractivity contribution is -0.135. The van der Waals surface area contributed by atoms with Gasteiger partial charge < -0.3 is 19.1 Å². The molecule has 3 heterocycles. The maximum Gasteiger partial charge on any atom is 0.259 e. The minimum Gasteiger partial charge on any atom is -0.378 e. The van der Waals surface area contributed by atoms with Gasteiger partial charge in [-0.2, -0.15) is 0 Å². The van der Waals surface area contributed by atoms with Crippen molar-refractivity contribution in [1.29, 1.82) is 0 Å². The molecular formula is C22H33N3O4. The Balaban J connectivity index is 1.46. The standard InChI is InChI=1S/C22H33N3O4/c1-16-20(17(2)29-23-16)21(27)25-14-18(22(15-25)8-4-3-5-9-22)6-7-19(26)24-10-12-28-13-11-24/h18H,3-15H2,1-2H3. The zero-order chi connectivity index (χ0) is 20.4. The lowest BCUT2D eigenvalue weighted by Crippen LogP contribution is -2.41.